The minimum absolute atomic E-state index is 0.280. The van der Waals surface area contributed by atoms with Crippen LogP contribution >= 0.6 is 23.2 Å². The Morgan fingerprint density at radius 2 is 1.71 bits per heavy atom. The van der Waals surface area contributed by atoms with E-state index in [4.69, 9.17) is 23.2 Å². The van der Waals surface area contributed by atoms with E-state index in [-0.39, 0.29) is 24.2 Å². The van der Waals surface area contributed by atoms with Gasteiger partial charge in [-0.25, -0.2) is 8.42 Å². The van der Waals surface area contributed by atoms with E-state index in [1.54, 1.807) is 51.1 Å². The lowest BCUT2D eigenvalue weighted by Crippen LogP contribution is -2.58. The van der Waals surface area contributed by atoms with Gasteiger partial charge >= 0.3 is 5.97 Å². The van der Waals surface area contributed by atoms with Gasteiger partial charge in [-0.05, 0) is 67.0 Å². The van der Waals surface area contributed by atoms with Crippen molar-refractivity contribution in [2.24, 2.45) is 16.7 Å². The third-order valence-corrected chi connectivity index (χ3v) is 11.7. The van der Waals surface area contributed by atoms with Crippen molar-refractivity contribution in [1.29, 1.82) is 0 Å². The molecule has 5 unspecified atom stereocenters. The number of halogens is 2. The van der Waals surface area contributed by atoms with Gasteiger partial charge in [0.05, 0.1) is 22.3 Å². The van der Waals surface area contributed by atoms with Gasteiger partial charge in [0.15, 0.2) is 9.84 Å². The Hall–Kier alpha value is -2.09. The summed E-state index contributed by atoms with van der Waals surface area (Å²) in [6.07, 6.45) is -0.0192. The molecule has 1 aliphatic rings. The van der Waals surface area contributed by atoms with Crippen LogP contribution in [0.5, 0.6) is 0 Å². The average molecular weight is 583 g/mol. The van der Waals surface area contributed by atoms with Gasteiger partial charge in [-0.3, -0.25) is 9.59 Å². The van der Waals surface area contributed by atoms with Crippen molar-refractivity contribution in [2.45, 2.75) is 76.8 Å². The second kappa shape index (κ2) is 11.2. The molecule has 1 fully saturated rings. The number of rotatable bonds is 9. The van der Waals surface area contributed by atoms with Crippen LogP contribution in [0.25, 0.3) is 0 Å². The van der Waals surface area contributed by atoms with Crippen molar-refractivity contribution >= 4 is 44.9 Å². The largest absolute Gasteiger partial charge is 0.481 e. The van der Waals surface area contributed by atoms with Crippen LogP contribution in [-0.2, 0) is 19.4 Å². The lowest BCUT2D eigenvalue weighted by atomic mass is 9.62. The number of sulfone groups is 1. The fourth-order valence-corrected chi connectivity index (χ4v) is 8.27. The van der Waals surface area contributed by atoms with Crippen molar-refractivity contribution in [3.8, 4) is 0 Å². The lowest BCUT2D eigenvalue weighted by molar-refractivity contribution is -0.148. The van der Waals surface area contributed by atoms with E-state index in [1.165, 1.54) is 0 Å². The number of carboxylic acids is 1. The molecule has 2 N–H and O–H groups in total. The standard InChI is InChI=1S/C29H37Cl2NO5S/c1-17(2)38(36,37)26(19-10-12-21(30)13-11-19)28(4,5)18(3)25-23(20-8-7-9-22(31)14-20)15-29(6,16-24(33)34)27(35)32-25/h7-14,17-18,23,25-26H,15-16H2,1-6H3,(H,32,35)(H,33,34). The highest BCUT2D eigenvalue weighted by Crippen LogP contribution is 2.52. The van der Waals surface area contributed by atoms with E-state index >= 15 is 0 Å². The topological polar surface area (TPSA) is 101 Å². The zero-order chi connectivity index (χ0) is 28.6. The summed E-state index contributed by atoms with van der Waals surface area (Å²) in [5.41, 5.74) is -0.459. The third kappa shape index (κ3) is 6.05. The van der Waals surface area contributed by atoms with Crippen LogP contribution in [0.1, 0.15) is 76.7 Å². The van der Waals surface area contributed by atoms with Crippen LogP contribution in [0, 0.1) is 16.7 Å². The second-order valence-corrected chi connectivity index (χ2v) is 15.1. The number of hydrogen-bond donors (Lipinski definition) is 2. The fraction of sp³-hybridized carbons (Fsp3) is 0.517. The van der Waals surface area contributed by atoms with E-state index in [2.05, 4.69) is 5.32 Å². The Morgan fingerprint density at radius 1 is 1.11 bits per heavy atom. The molecule has 0 saturated carbocycles. The SMILES string of the molecule is CC(C1NC(=O)C(C)(CC(=O)O)CC1c1cccc(Cl)c1)C(C)(C)C(c1ccc(Cl)cc1)S(=O)(=O)C(C)C. The maximum absolute atomic E-state index is 13.8. The Balaban J connectivity index is 2.14. The summed E-state index contributed by atoms with van der Waals surface area (Å²) in [6, 6.07) is 13.8. The molecule has 1 heterocycles. The summed E-state index contributed by atoms with van der Waals surface area (Å²) in [5.74, 6) is -2.01. The van der Waals surface area contributed by atoms with Gasteiger partial charge in [-0.1, -0.05) is 75.2 Å². The normalized spacial score (nSPS) is 24.1. The molecule has 0 aliphatic carbocycles. The Labute approximate surface area is 236 Å². The van der Waals surface area contributed by atoms with Crippen molar-refractivity contribution in [2.75, 3.05) is 0 Å². The number of piperidine rings is 1. The zero-order valence-electron chi connectivity index (χ0n) is 22.7. The summed E-state index contributed by atoms with van der Waals surface area (Å²) >= 11 is 12.5. The monoisotopic (exact) mass is 581 g/mol. The molecule has 3 rings (SSSR count). The molecule has 1 amide bonds. The van der Waals surface area contributed by atoms with Gasteiger partial charge in [0, 0.05) is 22.0 Å². The summed E-state index contributed by atoms with van der Waals surface area (Å²) in [6.45, 7) is 10.8. The fourth-order valence-electron chi connectivity index (χ4n) is 5.81. The van der Waals surface area contributed by atoms with E-state index in [0.717, 1.165) is 5.56 Å². The summed E-state index contributed by atoms with van der Waals surface area (Å²) in [5, 5.41) is 12.2. The number of hydrogen-bond acceptors (Lipinski definition) is 4. The highest BCUT2D eigenvalue weighted by atomic mass is 35.5. The molecule has 5 atom stereocenters. The summed E-state index contributed by atoms with van der Waals surface area (Å²) in [7, 11) is -3.64. The molecule has 1 saturated heterocycles. The van der Waals surface area contributed by atoms with Crippen LogP contribution in [0.3, 0.4) is 0 Å². The highest BCUT2D eigenvalue weighted by molar-refractivity contribution is 7.92. The van der Waals surface area contributed by atoms with E-state index in [0.29, 0.717) is 22.0 Å². The van der Waals surface area contributed by atoms with Crippen molar-refractivity contribution in [3.63, 3.8) is 0 Å². The van der Waals surface area contributed by atoms with Crippen molar-refractivity contribution in [3.05, 3.63) is 69.7 Å². The molecule has 38 heavy (non-hydrogen) atoms. The van der Waals surface area contributed by atoms with Crippen LogP contribution in [-0.4, -0.2) is 36.7 Å². The minimum atomic E-state index is -3.64. The molecule has 0 aromatic heterocycles. The number of benzene rings is 2. The van der Waals surface area contributed by atoms with Crippen LogP contribution in [0.15, 0.2) is 48.5 Å². The molecule has 0 bridgehead atoms. The zero-order valence-corrected chi connectivity index (χ0v) is 25.0. The summed E-state index contributed by atoms with van der Waals surface area (Å²) in [4.78, 5) is 25.0. The van der Waals surface area contributed by atoms with Gasteiger partial charge in [0.1, 0.15) is 0 Å². The van der Waals surface area contributed by atoms with Crippen molar-refractivity contribution in [1.82, 2.24) is 5.32 Å². The average Bonchev–Trinajstić information content (AvgIpc) is 2.80. The van der Waals surface area contributed by atoms with Gasteiger partial charge < -0.3 is 10.4 Å². The van der Waals surface area contributed by atoms with E-state index in [1.807, 2.05) is 39.0 Å². The second-order valence-electron chi connectivity index (χ2n) is 11.7. The predicted molar refractivity (Wildman–Crippen MR) is 152 cm³/mol. The van der Waals surface area contributed by atoms with Gasteiger partial charge in [-0.2, -0.15) is 0 Å². The van der Waals surface area contributed by atoms with Gasteiger partial charge in [-0.15, -0.1) is 0 Å². The van der Waals surface area contributed by atoms with Gasteiger partial charge in [0.2, 0.25) is 5.91 Å². The minimum Gasteiger partial charge on any atom is -0.481 e. The highest BCUT2D eigenvalue weighted by Gasteiger charge is 2.53. The summed E-state index contributed by atoms with van der Waals surface area (Å²) < 4.78 is 27.7. The lowest BCUT2D eigenvalue weighted by Gasteiger charge is -2.50. The molecule has 2 aromatic carbocycles. The Morgan fingerprint density at radius 3 is 2.24 bits per heavy atom. The molecule has 208 valence electrons. The van der Waals surface area contributed by atoms with Crippen LogP contribution < -0.4 is 5.32 Å². The number of aliphatic carboxylic acids is 1. The molecule has 0 radical (unpaired) electrons. The number of carbonyl (C=O) groups is 2. The number of amides is 1. The maximum Gasteiger partial charge on any atom is 0.304 e. The first-order valence-corrected chi connectivity index (χ1v) is 15.1. The molecule has 1 aliphatic heterocycles. The van der Waals surface area contributed by atoms with Crippen LogP contribution in [0.2, 0.25) is 10.0 Å². The first-order valence-electron chi connectivity index (χ1n) is 12.8. The first kappa shape index (κ1) is 30.5. The number of carbonyl (C=O) groups excluding carboxylic acids is 1. The Kier molecular flexibility index (Phi) is 8.96. The predicted octanol–water partition coefficient (Wildman–Crippen LogP) is 6.67. The molecule has 0 spiro atoms. The molecule has 6 nitrogen and oxygen atoms in total. The number of nitrogens with one attached hydrogen (secondary N) is 1. The Bertz CT molecular complexity index is 1290. The molecular weight excluding hydrogens is 545 g/mol. The van der Waals surface area contributed by atoms with Gasteiger partial charge in [0.25, 0.3) is 0 Å². The van der Waals surface area contributed by atoms with E-state index < -0.39 is 43.2 Å². The number of carboxylic acid groups (broad SMARTS) is 1. The molecular formula is C29H37Cl2NO5S. The smallest absolute Gasteiger partial charge is 0.304 e. The molecule has 2 aromatic rings. The quantitative estimate of drug-likeness (QED) is 0.344. The molecule has 9 heteroatoms. The first-order chi connectivity index (χ1) is 17.5. The maximum atomic E-state index is 13.8. The van der Waals surface area contributed by atoms with Crippen LogP contribution in [0.4, 0.5) is 0 Å². The van der Waals surface area contributed by atoms with E-state index in [9.17, 15) is 23.1 Å². The van der Waals surface area contributed by atoms with Crippen molar-refractivity contribution < 1.29 is 23.1 Å². The third-order valence-electron chi connectivity index (χ3n) is 8.31.